The largest absolute Gasteiger partial charge is 0.394 e. The van der Waals surface area contributed by atoms with E-state index in [0.29, 0.717) is 16.1 Å². The molecule has 0 atom stereocenters. The summed E-state index contributed by atoms with van der Waals surface area (Å²) in [5, 5.41) is 12.7. The van der Waals surface area contributed by atoms with Crippen LogP contribution in [0.25, 0.3) is 0 Å². The fourth-order valence-corrected chi connectivity index (χ4v) is 2.86. The Kier molecular flexibility index (Phi) is 4.58. The van der Waals surface area contributed by atoms with E-state index in [4.69, 9.17) is 0 Å². The minimum Gasteiger partial charge on any atom is -0.394 e. The Morgan fingerprint density at radius 2 is 2.26 bits per heavy atom. The van der Waals surface area contributed by atoms with E-state index in [-0.39, 0.29) is 12.5 Å². The number of rotatable bonds is 3. The Labute approximate surface area is 121 Å². The van der Waals surface area contributed by atoms with E-state index in [1.54, 1.807) is 18.3 Å². The smallest absolute Gasteiger partial charge is 0.251 e. The number of aliphatic hydroxyl groups is 1. The maximum absolute atomic E-state index is 12.2. The van der Waals surface area contributed by atoms with Gasteiger partial charge in [0.2, 0.25) is 0 Å². The van der Waals surface area contributed by atoms with Crippen LogP contribution in [0.3, 0.4) is 0 Å². The van der Waals surface area contributed by atoms with Crippen molar-refractivity contribution in [3.63, 3.8) is 0 Å². The van der Waals surface area contributed by atoms with E-state index in [1.165, 1.54) is 0 Å². The standard InChI is InChI=1S/C14H19BrN2O2/c1-10-2-5-14(9-18,6-3-10)17-13(19)11-4-7-16-12(15)8-11/h4,7-8,10,18H,2-3,5-6,9H2,1H3,(H,17,19). The molecular formula is C14H19BrN2O2. The van der Waals surface area contributed by atoms with Crippen molar-refractivity contribution in [2.24, 2.45) is 5.92 Å². The normalized spacial score (nSPS) is 27.0. The molecule has 1 heterocycles. The van der Waals surface area contributed by atoms with Gasteiger partial charge in [-0.3, -0.25) is 4.79 Å². The first-order valence-electron chi connectivity index (χ1n) is 6.60. The first-order chi connectivity index (χ1) is 9.04. The Morgan fingerprint density at radius 3 is 2.84 bits per heavy atom. The Bertz CT molecular complexity index is 457. The lowest BCUT2D eigenvalue weighted by molar-refractivity contribution is 0.0717. The maximum Gasteiger partial charge on any atom is 0.251 e. The third-order valence-corrected chi connectivity index (χ3v) is 4.34. The van der Waals surface area contributed by atoms with Gasteiger partial charge >= 0.3 is 0 Å². The van der Waals surface area contributed by atoms with Crippen molar-refractivity contribution in [3.8, 4) is 0 Å². The zero-order valence-corrected chi connectivity index (χ0v) is 12.6. The molecule has 0 radical (unpaired) electrons. The molecule has 5 heteroatoms. The van der Waals surface area contributed by atoms with Gasteiger partial charge in [0.15, 0.2) is 0 Å². The number of carbonyl (C=O) groups is 1. The summed E-state index contributed by atoms with van der Waals surface area (Å²) in [6.07, 6.45) is 5.35. The van der Waals surface area contributed by atoms with Crippen LogP contribution >= 0.6 is 15.9 Å². The van der Waals surface area contributed by atoms with Crippen molar-refractivity contribution in [2.45, 2.75) is 38.1 Å². The molecule has 1 aliphatic rings. The topological polar surface area (TPSA) is 62.2 Å². The van der Waals surface area contributed by atoms with E-state index in [0.717, 1.165) is 25.7 Å². The van der Waals surface area contributed by atoms with Crippen molar-refractivity contribution in [3.05, 3.63) is 28.5 Å². The summed E-state index contributed by atoms with van der Waals surface area (Å²) < 4.78 is 0.635. The molecule has 1 fully saturated rings. The number of nitrogens with zero attached hydrogens (tertiary/aromatic N) is 1. The van der Waals surface area contributed by atoms with Crippen LogP contribution in [0.4, 0.5) is 0 Å². The number of amides is 1. The minimum absolute atomic E-state index is 0.00227. The number of aromatic nitrogens is 1. The number of aliphatic hydroxyl groups excluding tert-OH is 1. The molecule has 2 N–H and O–H groups in total. The zero-order valence-electron chi connectivity index (χ0n) is 11.0. The molecule has 0 spiro atoms. The molecular weight excluding hydrogens is 308 g/mol. The molecule has 1 aliphatic carbocycles. The number of nitrogens with one attached hydrogen (secondary N) is 1. The van der Waals surface area contributed by atoms with Gasteiger partial charge < -0.3 is 10.4 Å². The molecule has 0 unspecified atom stereocenters. The summed E-state index contributed by atoms with van der Waals surface area (Å²) in [6, 6.07) is 3.36. The van der Waals surface area contributed by atoms with Crippen LogP contribution in [0.5, 0.6) is 0 Å². The van der Waals surface area contributed by atoms with Gasteiger partial charge in [0.25, 0.3) is 5.91 Å². The number of hydrogen-bond donors (Lipinski definition) is 2. The van der Waals surface area contributed by atoms with Gasteiger partial charge in [0, 0.05) is 11.8 Å². The molecule has 104 valence electrons. The van der Waals surface area contributed by atoms with Crippen molar-refractivity contribution in [2.75, 3.05) is 6.61 Å². The SMILES string of the molecule is CC1CCC(CO)(NC(=O)c2ccnc(Br)c2)CC1. The lowest BCUT2D eigenvalue weighted by Gasteiger charge is -2.38. The fourth-order valence-electron chi connectivity index (χ4n) is 2.49. The van der Waals surface area contributed by atoms with E-state index < -0.39 is 5.54 Å². The molecule has 1 aromatic rings. The van der Waals surface area contributed by atoms with Crippen LogP contribution in [0, 0.1) is 5.92 Å². The molecule has 0 aromatic carbocycles. The van der Waals surface area contributed by atoms with Crippen LogP contribution in [0.2, 0.25) is 0 Å². The first kappa shape index (κ1) is 14.5. The third-order valence-electron chi connectivity index (χ3n) is 3.90. The highest BCUT2D eigenvalue weighted by Gasteiger charge is 2.35. The van der Waals surface area contributed by atoms with Crippen LogP contribution in [0.15, 0.2) is 22.9 Å². The predicted octanol–water partition coefficient (Wildman–Crippen LogP) is 2.52. The number of halogens is 1. The van der Waals surface area contributed by atoms with E-state index in [9.17, 15) is 9.90 Å². The number of pyridine rings is 1. The summed E-state index contributed by atoms with van der Waals surface area (Å²) in [7, 11) is 0. The van der Waals surface area contributed by atoms with Gasteiger partial charge in [-0.2, -0.15) is 0 Å². The molecule has 4 nitrogen and oxygen atoms in total. The van der Waals surface area contributed by atoms with Gasteiger partial charge in [-0.1, -0.05) is 6.92 Å². The second-order valence-electron chi connectivity index (χ2n) is 5.44. The lowest BCUT2D eigenvalue weighted by Crippen LogP contribution is -2.53. The Hall–Kier alpha value is -0.940. The molecule has 2 rings (SSSR count). The molecule has 0 aliphatic heterocycles. The number of hydrogen-bond acceptors (Lipinski definition) is 3. The average Bonchev–Trinajstić information content (AvgIpc) is 2.42. The van der Waals surface area contributed by atoms with Gasteiger partial charge in [0.05, 0.1) is 12.1 Å². The van der Waals surface area contributed by atoms with Gasteiger partial charge in [-0.25, -0.2) is 4.98 Å². The molecule has 1 aromatic heterocycles. The summed E-state index contributed by atoms with van der Waals surface area (Å²) in [4.78, 5) is 16.2. The zero-order chi connectivity index (χ0) is 13.9. The van der Waals surface area contributed by atoms with E-state index >= 15 is 0 Å². The van der Waals surface area contributed by atoms with Crippen LogP contribution < -0.4 is 5.32 Å². The summed E-state index contributed by atoms with van der Waals surface area (Å²) >= 11 is 3.25. The summed E-state index contributed by atoms with van der Waals surface area (Å²) in [6.45, 7) is 2.21. The van der Waals surface area contributed by atoms with Crippen molar-refractivity contribution >= 4 is 21.8 Å². The summed E-state index contributed by atoms with van der Waals surface area (Å²) in [5.74, 6) is 0.526. The second-order valence-corrected chi connectivity index (χ2v) is 6.25. The maximum atomic E-state index is 12.2. The van der Waals surface area contributed by atoms with Crippen molar-refractivity contribution < 1.29 is 9.90 Å². The van der Waals surface area contributed by atoms with Gasteiger partial charge in [-0.05, 0) is 59.7 Å². The molecule has 1 saturated carbocycles. The highest BCUT2D eigenvalue weighted by molar-refractivity contribution is 9.10. The van der Waals surface area contributed by atoms with Crippen LogP contribution in [-0.2, 0) is 0 Å². The molecule has 0 saturated heterocycles. The quantitative estimate of drug-likeness (QED) is 0.839. The van der Waals surface area contributed by atoms with Crippen molar-refractivity contribution in [1.29, 1.82) is 0 Å². The highest BCUT2D eigenvalue weighted by atomic mass is 79.9. The second kappa shape index (κ2) is 6.01. The first-order valence-corrected chi connectivity index (χ1v) is 7.39. The van der Waals surface area contributed by atoms with Gasteiger partial charge in [0.1, 0.15) is 4.60 Å². The molecule has 0 bridgehead atoms. The van der Waals surface area contributed by atoms with E-state index in [1.807, 2.05) is 0 Å². The Morgan fingerprint density at radius 1 is 1.58 bits per heavy atom. The fraction of sp³-hybridized carbons (Fsp3) is 0.571. The number of carbonyl (C=O) groups excluding carboxylic acids is 1. The van der Waals surface area contributed by atoms with Crippen LogP contribution in [0.1, 0.15) is 43.0 Å². The van der Waals surface area contributed by atoms with Gasteiger partial charge in [-0.15, -0.1) is 0 Å². The molecule has 1 amide bonds. The van der Waals surface area contributed by atoms with Crippen LogP contribution in [-0.4, -0.2) is 28.1 Å². The van der Waals surface area contributed by atoms with E-state index in [2.05, 4.69) is 33.2 Å². The summed E-state index contributed by atoms with van der Waals surface area (Å²) in [5.41, 5.74) is 0.104. The highest BCUT2D eigenvalue weighted by Crippen LogP contribution is 2.31. The Balaban J connectivity index is 2.08. The predicted molar refractivity (Wildman–Crippen MR) is 76.9 cm³/mol. The lowest BCUT2D eigenvalue weighted by atomic mass is 9.77. The molecule has 19 heavy (non-hydrogen) atoms. The third kappa shape index (κ3) is 3.54. The monoisotopic (exact) mass is 326 g/mol. The van der Waals surface area contributed by atoms with Crippen molar-refractivity contribution in [1.82, 2.24) is 10.3 Å². The minimum atomic E-state index is -0.459. The average molecular weight is 327 g/mol.